The largest absolute Gasteiger partial charge is 0.239 e. The summed E-state index contributed by atoms with van der Waals surface area (Å²) in [5, 5.41) is 8.27. The van der Waals surface area contributed by atoms with Crippen LogP contribution in [0.25, 0.3) is 11.1 Å². The molecule has 0 aliphatic heterocycles. The first kappa shape index (κ1) is 10.2. The Morgan fingerprint density at radius 3 is 2.00 bits per heavy atom. The lowest BCUT2D eigenvalue weighted by Crippen LogP contribution is -1.77. The molecule has 2 aromatic carbocycles. The van der Waals surface area contributed by atoms with Crippen molar-refractivity contribution in [2.75, 3.05) is 0 Å². The molecule has 0 spiro atoms. The Morgan fingerprint density at radius 1 is 0.800 bits per heavy atom. The molecule has 0 aromatic heterocycles. The summed E-state index contributed by atoms with van der Waals surface area (Å²) in [5.74, 6) is 0. The maximum Gasteiger partial charge on any atom is 0.0679 e. The van der Waals surface area contributed by atoms with Gasteiger partial charge in [-0.25, -0.2) is 5.26 Å². The smallest absolute Gasteiger partial charge is 0.0679 e. The average Bonchev–Trinajstić information content (AvgIpc) is 2.32. The lowest BCUT2D eigenvalue weighted by atomic mass is 10.1. The molecule has 2 rings (SSSR count). The SMILES string of the molecule is OOSc1ccc(-c2ccccc2)cc1. The Hall–Kier alpha value is -1.29. The molecular formula is C12H10O2S. The van der Waals surface area contributed by atoms with E-state index in [0.717, 1.165) is 22.5 Å². The Labute approximate surface area is 92.7 Å². The Kier molecular flexibility index (Phi) is 3.40. The van der Waals surface area contributed by atoms with Gasteiger partial charge >= 0.3 is 0 Å². The molecule has 0 atom stereocenters. The summed E-state index contributed by atoms with van der Waals surface area (Å²) in [6, 6.07) is 17.9. The zero-order chi connectivity index (χ0) is 10.5. The molecule has 2 nitrogen and oxygen atoms in total. The van der Waals surface area contributed by atoms with E-state index >= 15 is 0 Å². The van der Waals surface area contributed by atoms with Crippen molar-refractivity contribution in [1.82, 2.24) is 0 Å². The van der Waals surface area contributed by atoms with Crippen LogP contribution < -0.4 is 0 Å². The molecule has 76 valence electrons. The van der Waals surface area contributed by atoms with Crippen molar-refractivity contribution in [1.29, 1.82) is 0 Å². The highest BCUT2D eigenvalue weighted by Crippen LogP contribution is 2.23. The van der Waals surface area contributed by atoms with Gasteiger partial charge in [0.15, 0.2) is 0 Å². The van der Waals surface area contributed by atoms with Crippen molar-refractivity contribution < 1.29 is 9.59 Å². The van der Waals surface area contributed by atoms with Crippen LogP contribution in [0.4, 0.5) is 0 Å². The highest BCUT2D eigenvalue weighted by atomic mass is 32.2. The van der Waals surface area contributed by atoms with Crippen molar-refractivity contribution in [3.05, 3.63) is 54.6 Å². The maximum absolute atomic E-state index is 8.27. The summed E-state index contributed by atoms with van der Waals surface area (Å²) >= 11 is 0.935. The molecule has 0 aliphatic carbocycles. The average molecular weight is 218 g/mol. The second kappa shape index (κ2) is 4.98. The molecule has 0 saturated heterocycles. The third-order valence-electron chi connectivity index (χ3n) is 2.09. The third kappa shape index (κ3) is 2.59. The summed E-state index contributed by atoms with van der Waals surface area (Å²) < 4.78 is 3.99. The fourth-order valence-electron chi connectivity index (χ4n) is 1.38. The molecule has 0 radical (unpaired) electrons. The van der Waals surface area contributed by atoms with Gasteiger partial charge in [0.1, 0.15) is 0 Å². The topological polar surface area (TPSA) is 29.5 Å². The van der Waals surface area contributed by atoms with Gasteiger partial charge in [0.05, 0.1) is 12.0 Å². The van der Waals surface area contributed by atoms with E-state index in [2.05, 4.69) is 16.5 Å². The van der Waals surface area contributed by atoms with Crippen LogP contribution in [0.15, 0.2) is 59.5 Å². The van der Waals surface area contributed by atoms with Crippen LogP contribution in [0.3, 0.4) is 0 Å². The molecule has 0 saturated carbocycles. The van der Waals surface area contributed by atoms with Crippen LogP contribution in [-0.4, -0.2) is 5.26 Å². The minimum absolute atomic E-state index is 0.872. The van der Waals surface area contributed by atoms with Crippen molar-refractivity contribution in [3.63, 3.8) is 0 Å². The Morgan fingerprint density at radius 2 is 1.40 bits per heavy atom. The molecule has 15 heavy (non-hydrogen) atoms. The lowest BCUT2D eigenvalue weighted by Gasteiger charge is -2.02. The predicted octanol–water partition coefficient (Wildman–Crippen LogP) is 3.85. The molecule has 0 heterocycles. The fourth-order valence-corrected chi connectivity index (χ4v) is 1.71. The summed E-state index contributed by atoms with van der Waals surface area (Å²) in [6.45, 7) is 0. The lowest BCUT2D eigenvalue weighted by molar-refractivity contribution is -0.116. The van der Waals surface area contributed by atoms with E-state index in [4.69, 9.17) is 5.26 Å². The fraction of sp³-hybridized carbons (Fsp3) is 0. The summed E-state index contributed by atoms with van der Waals surface area (Å²) in [7, 11) is 0. The highest BCUT2D eigenvalue weighted by molar-refractivity contribution is 7.94. The van der Waals surface area contributed by atoms with Crippen molar-refractivity contribution in [2.24, 2.45) is 0 Å². The van der Waals surface area contributed by atoms with Gasteiger partial charge in [-0.05, 0) is 23.3 Å². The van der Waals surface area contributed by atoms with Gasteiger partial charge in [-0.2, -0.15) is 4.33 Å². The van der Waals surface area contributed by atoms with Crippen LogP contribution >= 0.6 is 12.0 Å². The normalized spacial score (nSPS) is 10.2. The van der Waals surface area contributed by atoms with Crippen molar-refractivity contribution >= 4 is 12.0 Å². The van der Waals surface area contributed by atoms with Gasteiger partial charge in [0.2, 0.25) is 0 Å². The number of benzene rings is 2. The minimum atomic E-state index is 0.872. The molecule has 2 aromatic rings. The summed E-state index contributed by atoms with van der Waals surface area (Å²) in [4.78, 5) is 0.872. The first-order valence-corrected chi connectivity index (χ1v) is 5.28. The summed E-state index contributed by atoms with van der Waals surface area (Å²) in [6.07, 6.45) is 0. The van der Waals surface area contributed by atoms with E-state index in [1.807, 2.05) is 42.5 Å². The number of rotatable bonds is 3. The third-order valence-corrected chi connectivity index (χ3v) is 2.63. The van der Waals surface area contributed by atoms with Gasteiger partial charge in [-0.3, -0.25) is 0 Å². The van der Waals surface area contributed by atoms with E-state index in [-0.39, 0.29) is 0 Å². The van der Waals surface area contributed by atoms with Crippen LogP contribution in [0.5, 0.6) is 0 Å². The minimum Gasteiger partial charge on any atom is -0.239 e. The monoisotopic (exact) mass is 218 g/mol. The second-order valence-corrected chi connectivity index (χ2v) is 3.84. The first-order chi connectivity index (χ1) is 7.40. The van der Waals surface area contributed by atoms with Crippen LogP contribution in [0.2, 0.25) is 0 Å². The van der Waals surface area contributed by atoms with E-state index in [1.54, 1.807) is 0 Å². The van der Waals surface area contributed by atoms with E-state index < -0.39 is 0 Å². The molecule has 0 aliphatic rings. The number of hydrogen-bond donors (Lipinski definition) is 1. The Balaban J connectivity index is 2.24. The molecule has 1 N–H and O–H groups in total. The molecular weight excluding hydrogens is 208 g/mol. The van der Waals surface area contributed by atoms with Crippen LogP contribution in [-0.2, 0) is 4.33 Å². The quantitative estimate of drug-likeness (QED) is 0.482. The molecule has 0 amide bonds. The van der Waals surface area contributed by atoms with Gasteiger partial charge in [-0.15, -0.1) is 0 Å². The molecule has 0 bridgehead atoms. The van der Waals surface area contributed by atoms with Crippen LogP contribution in [0, 0.1) is 0 Å². The first-order valence-electron chi connectivity index (χ1n) is 4.54. The van der Waals surface area contributed by atoms with Gasteiger partial charge in [-0.1, -0.05) is 42.5 Å². The Bertz CT molecular complexity index is 411. The van der Waals surface area contributed by atoms with Crippen molar-refractivity contribution in [2.45, 2.75) is 4.90 Å². The van der Waals surface area contributed by atoms with Gasteiger partial charge in [0, 0.05) is 4.90 Å². The second-order valence-electron chi connectivity index (χ2n) is 3.05. The van der Waals surface area contributed by atoms with Crippen molar-refractivity contribution in [3.8, 4) is 11.1 Å². The highest BCUT2D eigenvalue weighted by Gasteiger charge is 1.97. The molecule has 3 heteroatoms. The molecule has 0 unspecified atom stereocenters. The zero-order valence-electron chi connectivity index (χ0n) is 7.96. The predicted molar refractivity (Wildman–Crippen MR) is 61.4 cm³/mol. The van der Waals surface area contributed by atoms with Gasteiger partial charge < -0.3 is 0 Å². The van der Waals surface area contributed by atoms with E-state index in [9.17, 15) is 0 Å². The zero-order valence-corrected chi connectivity index (χ0v) is 8.78. The maximum atomic E-state index is 8.27. The van der Waals surface area contributed by atoms with Crippen LogP contribution in [0.1, 0.15) is 0 Å². The number of hydrogen-bond acceptors (Lipinski definition) is 3. The van der Waals surface area contributed by atoms with E-state index in [0.29, 0.717) is 0 Å². The van der Waals surface area contributed by atoms with E-state index in [1.165, 1.54) is 5.56 Å². The standard InChI is InChI=1S/C12H10O2S/c13-14-15-12-8-6-11(7-9-12)10-4-2-1-3-5-10/h1-9,13H. The van der Waals surface area contributed by atoms with Gasteiger partial charge in [0.25, 0.3) is 0 Å². The molecule has 0 fully saturated rings. The summed E-state index contributed by atoms with van der Waals surface area (Å²) in [5.41, 5.74) is 2.33.